The lowest BCUT2D eigenvalue weighted by Gasteiger charge is -2.25. The van der Waals surface area contributed by atoms with E-state index >= 15 is 0 Å². The Morgan fingerprint density at radius 1 is 0.432 bits per heavy atom. The Balaban J connectivity index is 3.94. The highest BCUT2D eigenvalue weighted by atomic mass is 31.2. The molecular formula is C72H134N2O6P+. The molecule has 0 bridgehead atoms. The van der Waals surface area contributed by atoms with Gasteiger partial charge in [0.25, 0.3) is 0 Å². The van der Waals surface area contributed by atoms with Crippen molar-refractivity contribution in [2.24, 2.45) is 0 Å². The van der Waals surface area contributed by atoms with Crippen LogP contribution in [0.25, 0.3) is 0 Å². The Labute approximate surface area is 503 Å². The number of aliphatic hydroxyl groups is 1. The lowest BCUT2D eigenvalue weighted by atomic mass is 10.0. The highest BCUT2D eigenvalue weighted by molar-refractivity contribution is 7.47. The van der Waals surface area contributed by atoms with E-state index in [4.69, 9.17) is 9.05 Å². The normalized spacial score (nSPS) is 14.2. The summed E-state index contributed by atoms with van der Waals surface area (Å²) in [5.74, 6) is -0.183. The van der Waals surface area contributed by atoms with Gasteiger partial charge in [0.05, 0.1) is 39.9 Å². The molecule has 81 heavy (non-hydrogen) atoms. The van der Waals surface area contributed by atoms with E-state index in [9.17, 15) is 19.4 Å². The van der Waals surface area contributed by atoms with Gasteiger partial charge >= 0.3 is 7.82 Å². The number of allylic oxidation sites excluding steroid dienone is 13. The molecule has 0 aliphatic carbocycles. The van der Waals surface area contributed by atoms with Crippen LogP contribution in [0.4, 0.5) is 0 Å². The summed E-state index contributed by atoms with van der Waals surface area (Å²) in [6, 6.07) is -0.865. The van der Waals surface area contributed by atoms with Crippen LogP contribution in [-0.2, 0) is 18.4 Å². The van der Waals surface area contributed by atoms with Crippen LogP contribution in [0.1, 0.15) is 316 Å². The van der Waals surface area contributed by atoms with Crippen molar-refractivity contribution < 1.29 is 32.9 Å². The van der Waals surface area contributed by atoms with Crippen LogP contribution in [0, 0.1) is 0 Å². The smallest absolute Gasteiger partial charge is 0.387 e. The molecule has 0 radical (unpaired) electrons. The van der Waals surface area contributed by atoms with Crippen LogP contribution < -0.4 is 5.32 Å². The summed E-state index contributed by atoms with van der Waals surface area (Å²) < 4.78 is 23.8. The van der Waals surface area contributed by atoms with Crippen LogP contribution in [0.2, 0.25) is 0 Å². The maximum absolute atomic E-state index is 13.0. The van der Waals surface area contributed by atoms with E-state index in [1.807, 2.05) is 27.2 Å². The van der Waals surface area contributed by atoms with Gasteiger partial charge in [-0.1, -0.05) is 317 Å². The third-order valence-corrected chi connectivity index (χ3v) is 16.3. The largest absolute Gasteiger partial charge is 0.472 e. The number of aliphatic hydroxyl groups excluding tert-OH is 1. The fourth-order valence-electron chi connectivity index (χ4n) is 10.0. The van der Waals surface area contributed by atoms with Gasteiger partial charge in [0.15, 0.2) is 0 Å². The minimum atomic E-state index is -4.36. The lowest BCUT2D eigenvalue weighted by molar-refractivity contribution is -0.870. The number of nitrogens with one attached hydrogen (secondary N) is 1. The Morgan fingerprint density at radius 3 is 1.14 bits per heavy atom. The molecule has 9 heteroatoms. The summed E-state index contributed by atoms with van der Waals surface area (Å²) in [5, 5.41) is 14.0. The molecule has 3 unspecified atom stereocenters. The third kappa shape index (κ3) is 65.1. The molecule has 3 atom stereocenters. The first-order chi connectivity index (χ1) is 39.5. The lowest BCUT2D eigenvalue weighted by Crippen LogP contribution is -2.45. The van der Waals surface area contributed by atoms with Gasteiger partial charge in [-0.05, 0) is 77.0 Å². The van der Waals surface area contributed by atoms with Crippen LogP contribution in [0.3, 0.4) is 0 Å². The Bertz CT molecular complexity index is 1600. The van der Waals surface area contributed by atoms with E-state index in [1.165, 1.54) is 225 Å². The Morgan fingerprint density at radius 2 is 0.753 bits per heavy atom. The number of carbonyl (C=O) groups is 1. The average molecular weight is 1150 g/mol. The highest BCUT2D eigenvalue weighted by Gasteiger charge is 2.28. The predicted octanol–water partition coefficient (Wildman–Crippen LogP) is 21.9. The van der Waals surface area contributed by atoms with Gasteiger partial charge in [-0.3, -0.25) is 13.8 Å². The second kappa shape index (κ2) is 62.2. The van der Waals surface area contributed by atoms with Crippen molar-refractivity contribution in [2.75, 3.05) is 40.9 Å². The molecule has 0 aromatic heterocycles. The molecule has 0 aromatic rings. The molecule has 0 heterocycles. The minimum Gasteiger partial charge on any atom is -0.387 e. The summed E-state index contributed by atoms with van der Waals surface area (Å²) in [5.41, 5.74) is 0. The fourth-order valence-corrected chi connectivity index (χ4v) is 10.8. The number of carbonyl (C=O) groups excluding carboxylic acids is 1. The molecule has 0 aliphatic rings. The van der Waals surface area contributed by atoms with Crippen molar-refractivity contribution >= 4 is 13.7 Å². The standard InChI is InChI=1S/C72H133N2O6P/c1-6-8-10-12-14-16-18-20-22-24-26-27-28-29-30-31-32-33-34-35-36-37-38-39-40-41-42-43-44-45-46-47-48-50-52-54-56-58-60-62-64-66-72(76)73-70(69-80-81(77,78)79-68-67-74(3,4)5)71(75)65-63-61-59-57-55-53-51-49-25-23-21-19-17-15-13-11-9-7-2/h8,10,14,16,20,22,26-27,29-30,55,57,63,65,70-71,75H,6-7,9,11-13,15,17-19,21,23-25,28,31-54,56,58-62,64,66-69H2,1-5H3,(H-,73,76,77,78)/p+1/b10-8-,16-14-,22-20-,27-26-,30-29-,57-55+,65-63+. The van der Waals surface area contributed by atoms with Crippen molar-refractivity contribution in [2.45, 2.75) is 328 Å². The average Bonchev–Trinajstić information content (AvgIpc) is 3.43. The summed E-state index contributed by atoms with van der Waals surface area (Å²) >= 11 is 0. The molecule has 0 spiro atoms. The van der Waals surface area contributed by atoms with Gasteiger partial charge in [0, 0.05) is 6.42 Å². The van der Waals surface area contributed by atoms with E-state index in [1.54, 1.807) is 6.08 Å². The van der Waals surface area contributed by atoms with Gasteiger partial charge in [0.2, 0.25) is 5.91 Å². The molecule has 0 fully saturated rings. The van der Waals surface area contributed by atoms with Gasteiger partial charge < -0.3 is 19.8 Å². The third-order valence-electron chi connectivity index (χ3n) is 15.3. The van der Waals surface area contributed by atoms with Crippen LogP contribution in [-0.4, -0.2) is 73.4 Å². The molecular weight excluding hydrogens is 1020 g/mol. The molecule has 0 rings (SSSR count). The van der Waals surface area contributed by atoms with Gasteiger partial charge in [-0.15, -0.1) is 0 Å². The number of likely N-dealkylation sites (N-methyl/N-ethyl adjacent to an activating group) is 1. The Hall–Kier alpha value is -2.32. The monoisotopic (exact) mass is 1150 g/mol. The number of amides is 1. The van der Waals surface area contributed by atoms with E-state index < -0.39 is 20.0 Å². The topological polar surface area (TPSA) is 105 Å². The SMILES string of the molecule is CC/C=C\C/C=C\C/C=C\C/C=C\C/C=C\CCCCCCCCCCCCCCCCCCCCCCCCCCCC(=O)NC(COP(=O)(O)OCC[N+](C)(C)C)C(O)/C=C/CC/C=C/CCCCCCCCCCCCCC. The fraction of sp³-hybridized carbons (Fsp3) is 0.792. The van der Waals surface area contributed by atoms with Crippen molar-refractivity contribution in [3.05, 3.63) is 85.1 Å². The van der Waals surface area contributed by atoms with E-state index in [0.717, 1.165) is 70.6 Å². The van der Waals surface area contributed by atoms with E-state index in [0.29, 0.717) is 17.4 Å². The summed E-state index contributed by atoms with van der Waals surface area (Å²) in [6.45, 7) is 4.71. The molecule has 0 aliphatic heterocycles. The molecule has 3 N–H and O–H groups in total. The molecule has 0 saturated heterocycles. The van der Waals surface area contributed by atoms with Crippen molar-refractivity contribution in [1.29, 1.82) is 0 Å². The number of hydrogen-bond donors (Lipinski definition) is 3. The zero-order valence-electron chi connectivity index (χ0n) is 54.0. The maximum Gasteiger partial charge on any atom is 0.472 e. The number of nitrogens with zero attached hydrogens (tertiary/aromatic N) is 1. The zero-order chi connectivity index (χ0) is 59.1. The summed E-state index contributed by atoms with van der Waals surface area (Å²) in [6.07, 6.45) is 88.8. The van der Waals surface area contributed by atoms with Crippen molar-refractivity contribution in [3.8, 4) is 0 Å². The molecule has 8 nitrogen and oxygen atoms in total. The number of hydrogen-bond acceptors (Lipinski definition) is 5. The van der Waals surface area contributed by atoms with Crippen molar-refractivity contribution in [3.63, 3.8) is 0 Å². The van der Waals surface area contributed by atoms with Gasteiger partial charge in [-0.2, -0.15) is 0 Å². The molecule has 0 saturated carbocycles. The van der Waals surface area contributed by atoms with E-state index in [2.05, 4.69) is 92.1 Å². The maximum atomic E-state index is 13.0. The molecule has 472 valence electrons. The first-order valence-electron chi connectivity index (χ1n) is 34.5. The minimum absolute atomic E-state index is 0.0561. The highest BCUT2D eigenvalue weighted by Crippen LogP contribution is 2.43. The van der Waals surface area contributed by atoms with E-state index in [-0.39, 0.29) is 19.1 Å². The summed E-state index contributed by atoms with van der Waals surface area (Å²) in [4.78, 5) is 23.4. The first-order valence-corrected chi connectivity index (χ1v) is 36.0. The number of phosphoric ester groups is 1. The predicted molar refractivity (Wildman–Crippen MR) is 355 cm³/mol. The first kappa shape index (κ1) is 78.7. The summed E-state index contributed by atoms with van der Waals surface area (Å²) in [7, 11) is 1.56. The van der Waals surface area contributed by atoms with Gasteiger partial charge in [-0.25, -0.2) is 4.57 Å². The zero-order valence-corrected chi connectivity index (χ0v) is 54.9. The van der Waals surface area contributed by atoms with Crippen LogP contribution in [0.5, 0.6) is 0 Å². The number of rotatable bonds is 63. The number of quaternary nitrogens is 1. The quantitative estimate of drug-likeness (QED) is 0.0243. The van der Waals surface area contributed by atoms with Gasteiger partial charge in [0.1, 0.15) is 13.2 Å². The van der Waals surface area contributed by atoms with Crippen LogP contribution in [0.15, 0.2) is 85.1 Å². The molecule has 0 aromatic carbocycles. The second-order valence-corrected chi connectivity index (χ2v) is 26.0. The number of phosphoric acid groups is 1. The molecule has 1 amide bonds. The second-order valence-electron chi connectivity index (χ2n) is 24.5. The van der Waals surface area contributed by atoms with Crippen molar-refractivity contribution in [1.82, 2.24) is 5.32 Å². The number of unbranched alkanes of at least 4 members (excludes halogenated alkanes) is 38. The van der Waals surface area contributed by atoms with Crippen LogP contribution >= 0.6 is 7.82 Å². The Kier molecular flexibility index (Phi) is 60.4.